The number of aromatic nitrogens is 1. The van der Waals surface area contributed by atoms with E-state index >= 15 is 0 Å². The van der Waals surface area contributed by atoms with Crippen LogP contribution in [0.25, 0.3) is 0 Å². The number of aliphatic carboxylic acids is 1. The van der Waals surface area contributed by atoms with E-state index in [2.05, 4.69) is 4.98 Å². The third-order valence-corrected chi connectivity index (χ3v) is 3.38. The minimum atomic E-state index is -0.846. The zero-order valence-corrected chi connectivity index (χ0v) is 11.9. The van der Waals surface area contributed by atoms with E-state index in [-0.39, 0.29) is 12.5 Å². The molecule has 0 aliphatic carbocycles. The Hall–Kier alpha value is -1.66. The number of hydrogen-bond donors (Lipinski definition) is 1. The second kappa shape index (κ2) is 6.19. The van der Waals surface area contributed by atoms with E-state index in [1.165, 1.54) is 0 Å². The zero-order chi connectivity index (χ0) is 14.7. The largest absolute Gasteiger partial charge is 0.480 e. The summed E-state index contributed by atoms with van der Waals surface area (Å²) in [6, 6.07) is 3.26. The summed E-state index contributed by atoms with van der Waals surface area (Å²) in [4.78, 5) is 30.5. The molecular formula is C13H16ClN3O3. The van der Waals surface area contributed by atoms with Crippen molar-refractivity contribution < 1.29 is 14.7 Å². The van der Waals surface area contributed by atoms with Gasteiger partial charge < -0.3 is 10.0 Å². The maximum atomic E-state index is 12.3. The highest BCUT2D eigenvalue weighted by molar-refractivity contribution is 6.29. The molecule has 108 valence electrons. The van der Waals surface area contributed by atoms with E-state index in [4.69, 9.17) is 16.7 Å². The van der Waals surface area contributed by atoms with Crippen LogP contribution < -0.4 is 0 Å². The highest BCUT2D eigenvalue weighted by atomic mass is 35.5. The van der Waals surface area contributed by atoms with Crippen molar-refractivity contribution in [2.24, 2.45) is 0 Å². The van der Waals surface area contributed by atoms with Gasteiger partial charge >= 0.3 is 5.97 Å². The topological polar surface area (TPSA) is 73.7 Å². The average Bonchev–Trinajstić information content (AvgIpc) is 2.37. The van der Waals surface area contributed by atoms with Gasteiger partial charge in [0.25, 0.3) is 5.91 Å². The average molecular weight is 298 g/mol. The van der Waals surface area contributed by atoms with Crippen molar-refractivity contribution in [3.8, 4) is 0 Å². The number of amides is 1. The quantitative estimate of drug-likeness (QED) is 0.839. The molecule has 1 fully saturated rings. The van der Waals surface area contributed by atoms with Crippen molar-refractivity contribution in [1.29, 1.82) is 0 Å². The number of aryl methyl sites for hydroxylation is 1. The van der Waals surface area contributed by atoms with Crippen LogP contribution >= 0.6 is 11.6 Å². The number of carbonyl (C=O) groups is 2. The highest BCUT2D eigenvalue weighted by Gasteiger charge is 2.23. The Labute approximate surface area is 122 Å². The molecule has 1 saturated heterocycles. The first-order valence-corrected chi connectivity index (χ1v) is 6.71. The second-order valence-electron chi connectivity index (χ2n) is 4.78. The number of carboxylic acids is 1. The van der Waals surface area contributed by atoms with E-state index < -0.39 is 5.97 Å². The fraction of sp³-hybridized carbons (Fsp3) is 0.462. The maximum absolute atomic E-state index is 12.3. The molecule has 0 saturated carbocycles. The van der Waals surface area contributed by atoms with Crippen LogP contribution in [-0.2, 0) is 4.79 Å². The first-order valence-electron chi connectivity index (χ1n) is 6.33. The number of rotatable bonds is 3. The third kappa shape index (κ3) is 3.68. The summed E-state index contributed by atoms with van der Waals surface area (Å²) in [6.07, 6.45) is 0. The molecule has 20 heavy (non-hydrogen) atoms. The molecule has 2 rings (SSSR count). The molecular weight excluding hydrogens is 282 g/mol. The fourth-order valence-corrected chi connectivity index (χ4v) is 2.49. The van der Waals surface area contributed by atoms with Crippen LogP contribution in [-0.4, -0.2) is 64.5 Å². The molecule has 1 aromatic rings. The van der Waals surface area contributed by atoms with E-state index in [0.29, 0.717) is 42.6 Å². The van der Waals surface area contributed by atoms with Crippen LogP contribution in [0.3, 0.4) is 0 Å². The smallest absolute Gasteiger partial charge is 0.317 e. The summed E-state index contributed by atoms with van der Waals surface area (Å²) >= 11 is 5.86. The van der Waals surface area contributed by atoms with E-state index in [0.717, 1.165) is 0 Å². The van der Waals surface area contributed by atoms with Crippen LogP contribution in [0.2, 0.25) is 5.15 Å². The van der Waals surface area contributed by atoms with Crippen LogP contribution in [0, 0.1) is 6.92 Å². The van der Waals surface area contributed by atoms with Gasteiger partial charge in [0.15, 0.2) is 0 Å². The molecule has 1 amide bonds. The first-order chi connectivity index (χ1) is 9.45. The van der Waals surface area contributed by atoms with Gasteiger partial charge in [-0.15, -0.1) is 0 Å². The van der Waals surface area contributed by atoms with Gasteiger partial charge in [0.05, 0.1) is 6.54 Å². The zero-order valence-electron chi connectivity index (χ0n) is 11.2. The number of hydrogen-bond acceptors (Lipinski definition) is 4. The first kappa shape index (κ1) is 14.7. The number of pyridine rings is 1. The molecule has 1 aliphatic rings. The Morgan fingerprint density at radius 3 is 2.50 bits per heavy atom. The van der Waals surface area contributed by atoms with Gasteiger partial charge in [0.1, 0.15) is 5.15 Å². The van der Waals surface area contributed by atoms with E-state index in [1.807, 2.05) is 4.90 Å². The van der Waals surface area contributed by atoms with Gasteiger partial charge in [-0.1, -0.05) is 11.6 Å². The number of piperazine rings is 1. The van der Waals surface area contributed by atoms with Gasteiger partial charge in [-0.05, 0) is 19.1 Å². The monoisotopic (exact) mass is 297 g/mol. The lowest BCUT2D eigenvalue weighted by molar-refractivity contribution is -0.138. The predicted octanol–water partition coefficient (Wildman–Crippen LogP) is 0.886. The molecule has 0 unspecified atom stereocenters. The fourth-order valence-electron chi connectivity index (χ4n) is 2.23. The van der Waals surface area contributed by atoms with Gasteiger partial charge in [-0.2, -0.15) is 0 Å². The number of halogens is 1. The van der Waals surface area contributed by atoms with Gasteiger partial charge in [0.2, 0.25) is 0 Å². The van der Waals surface area contributed by atoms with Crippen LogP contribution in [0.1, 0.15) is 16.1 Å². The van der Waals surface area contributed by atoms with Gasteiger partial charge in [-0.25, -0.2) is 4.98 Å². The second-order valence-corrected chi connectivity index (χ2v) is 5.17. The standard InChI is InChI=1S/C13H16ClN3O3/c1-9-6-10(7-11(14)15-9)13(20)17-4-2-16(3-5-17)8-12(18)19/h6-7H,2-5,8H2,1H3,(H,18,19). The molecule has 1 aliphatic heterocycles. The predicted molar refractivity (Wildman–Crippen MR) is 74.0 cm³/mol. The van der Waals surface area contributed by atoms with E-state index in [1.54, 1.807) is 24.0 Å². The Morgan fingerprint density at radius 2 is 1.95 bits per heavy atom. The van der Waals surface area contributed by atoms with Gasteiger partial charge in [-0.3, -0.25) is 14.5 Å². The molecule has 7 heteroatoms. The van der Waals surface area contributed by atoms with E-state index in [9.17, 15) is 9.59 Å². The van der Waals surface area contributed by atoms with Crippen LogP contribution in [0.15, 0.2) is 12.1 Å². The number of nitrogens with zero attached hydrogens (tertiary/aromatic N) is 3. The summed E-state index contributed by atoms with van der Waals surface area (Å²) in [5.74, 6) is -0.936. The molecule has 0 atom stereocenters. The molecule has 0 spiro atoms. The molecule has 6 nitrogen and oxygen atoms in total. The molecule has 0 radical (unpaired) electrons. The molecule has 1 N–H and O–H groups in total. The molecule has 0 aromatic carbocycles. The van der Waals surface area contributed by atoms with Crippen molar-refractivity contribution in [3.05, 3.63) is 28.5 Å². The Bertz CT molecular complexity index is 507. The highest BCUT2D eigenvalue weighted by Crippen LogP contribution is 2.14. The summed E-state index contributed by atoms with van der Waals surface area (Å²) in [6.45, 7) is 3.97. The van der Waals surface area contributed by atoms with Crippen molar-refractivity contribution in [2.75, 3.05) is 32.7 Å². The van der Waals surface area contributed by atoms with Crippen LogP contribution in [0.4, 0.5) is 0 Å². The molecule has 1 aromatic heterocycles. The Morgan fingerprint density at radius 1 is 1.30 bits per heavy atom. The van der Waals surface area contributed by atoms with Crippen molar-refractivity contribution in [2.45, 2.75) is 6.92 Å². The number of carbonyl (C=O) groups excluding carboxylic acids is 1. The number of carboxylic acid groups (broad SMARTS) is 1. The minimum Gasteiger partial charge on any atom is -0.480 e. The Kier molecular flexibility index (Phi) is 4.57. The normalized spacial score (nSPS) is 16.2. The lowest BCUT2D eigenvalue weighted by atomic mass is 10.2. The molecule has 2 heterocycles. The third-order valence-electron chi connectivity index (χ3n) is 3.19. The maximum Gasteiger partial charge on any atom is 0.317 e. The summed E-state index contributed by atoms with van der Waals surface area (Å²) < 4.78 is 0. The minimum absolute atomic E-state index is 0.0161. The van der Waals surface area contributed by atoms with Gasteiger partial charge in [0, 0.05) is 37.4 Å². The van der Waals surface area contributed by atoms with Crippen LogP contribution in [0.5, 0.6) is 0 Å². The van der Waals surface area contributed by atoms with Crippen molar-refractivity contribution in [1.82, 2.24) is 14.8 Å². The lowest BCUT2D eigenvalue weighted by Crippen LogP contribution is -2.49. The van der Waals surface area contributed by atoms with Crippen molar-refractivity contribution >= 4 is 23.5 Å². The summed E-state index contributed by atoms with van der Waals surface area (Å²) in [5, 5.41) is 9.04. The SMILES string of the molecule is Cc1cc(C(=O)N2CCN(CC(=O)O)CC2)cc(Cl)n1. The Balaban J connectivity index is 1.99. The van der Waals surface area contributed by atoms with Crippen molar-refractivity contribution in [3.63, 3.8) is 0 Å². The summed E-state index contributed by atoms with van der Waals surface area (Å²) in [5.41, 5.74) is 1.22. The summed E-state index contributed by atoms with van der Waals surface area (Å²) in [7, 11) is 0. The lowest BCUT2D eigenvalue weighted by Gasteiger charge is -2.33. The molecule has 0 bridgehead atoms.